The lowest BCUT2D eigenvalue weighted by Crippen LogP contribution is -2.47. The zero-order valence-corrected chi connectivity index (χ0v) is 16.0. The molecule has 1 aromatic heterocycles. The number of carbonyl (C=O) groups excluding carboxylic acids is 2. The first-order valence-electron chi connectivity index (χ1n) is 8.83. The third kappa shape index (κ3) is 4.57. The van der Waals surface area contributed by atoms with Crippen LogP contribution in [-0.4, -0.2) is 53.8 Å². The van der Waals surface area contributed by atoms with E-state index < -0.39 is 0 Å². The van der Waals surface area contributed by atoms with Crippen molar-refractivity contribution in [3.05, 3.63) is 21.9 Å². The van der Waals surface area contributed by atoms with Gasteiger partial charge < -0.3 is 10.2 Å². The smallest absolute Gasteiger partial charge is 0.237 e. The van der Waals surface area contributed by atoms with E-state index in [1.165, 1.54) is 10.4 Å². The molecule has 5 nitrogen and oxygen atoms in total. The van der Waals surface area contributed by atoms with Crippen LogP contribution in [0.3, 0.4) is 0 Å². The van der Waals surface area contributed by atoms with Gasteiger partial charge in [0.2, 0.25) is 11.8 Å². The van der Waals surface area contributed by atoms with E-state index in [0.29, 0.717) is 13.1 Å². The van der Waals surface area contributed by atoms with Gasteiger partial charge in [-0.3, -0.25) is 14.5 Å². The second kappa shape index (κ2) is 8.62. The molecule has 1 aliphatic rings. The van der Waals surface area contributed by atoms with Crippen molar-refractivity contribution in [1.82, 2.24) is 15.1 Å². The second-order valence-corrected chi connectivity index (χ2v) is 7.59. The van der Waals surface area contributed by atoms with Crippen LogP contribution in [0.4, 0.5) is 0 Å². The van der Waals surface area contributed by atoms with E-state index in [0.717, 1.165) is 19.4 Å². The molecule has 2 heterocycles. The highest BCUT2D eigenvalue weighted by atomic mass is 32.1. The first-order valence-corrected chi connectivity index (χ1v) is 9.71. The Balaban J connectivity index is 1.99. The second-order valence-electron chi connectivity index (χ2n) is 6.59. The van der Waals surface area contributed by atoms with Crippen LogP contribution in [0.2, 0.25) is 0 Å². The molecular weight excluding hydrogens is 322 g/mol. The van der Waals surface area contributed by atoms with Crippen molar-refractivity contribution in [2.24, 2.45) is 0 Å². The Labute approximate surface area is 149 Å². The largest absolute Gasteiger partial charge is 0.353 e. The monoisotopic (exact) mass is 351 g/mol. The number of fused-ring (bicyclic) bond motifs is 1. The molecular formula is C18H29N3O2S. The van der Waals surface area contributed by atoms with Gasteiger partial charge >= 0.3 is 0 Å². The number of nitrogens with one attached hydrogen (secondary N) is 1. The summed E-state index contributed by atoms with van der Waals surface area (Å²) in [5.41, 5.74) is 1.31. The number of likely N-dealkylation sites (N-methyl/N-ethyl adjacent to an activating group) is 1. The van der Waals surface area contributed by atoms with Crippen LogP contribution in [-0.2, 0) is 16.0 Å². The zero-order chi connectivity index (χ0) is 17.7. The minimum absolute atomic E-state index is 0.0227. The van der Waals surface area contributed by atoms with Crippen LogP contribution < -0.4 is 5.32 Å². The van der Waals surface area contributed by atoms with Gasteiger partial charge in [-0.2, -0.15) is 0 Å². The normalized spacial score (nSPS) is 17.2. The van der Waals surface area contributed by atoms with Crippen LogP contribution in [0.1, 0.15) is 50.6 Å². The Hall–Kier alpha value is -1.40. The van der Waals surface area contributed by atoms with Crippen molar-refractivity contribution in [3.8, 4) is 0 Å². The SMILES string of the molecule is CCC1c2ccsc2CCN1C(=O)CN(CC)CC(=O)NC(C)C. The van der Waals surface area contributed by atoms with E-state index in [9.17, 15) is 9.59 Å². The lowest BCUT2D eigenvalue weighted by atomic mass is 9.97. The summed E-state index contributed by atoms with van der Waals surface area (Å²) in [6, 6.07) is 2.45. The molecule has 134 valence electrons. The lowest BCUT2D eigenvalue weighted by molar-refractivity contribution is -0.136. The van der Waals surface area contributed by atoms with Gasteiger partial charge in [0, 0.05) is 17.5 Å². The molecule has 2 rings (SSSR count). The van der Waals surface area contributed by atoms with Gasteiger partial charge in [0.1, 0.15) is 0 Å². The highest BCUT2D eigenvalue weighted by Gasteiger charge is 2.31. The highest BCUT2D eigenvalue weighted by molar-refractivity contribution is 7.10. The average molecular weight is 352 g/mol. The Kier molecular flexibility index (Phi) is 6.80. The minimum atomic E-state index is -0.0227. The summed E-state index contributed by atoms with van der Waals surface area (Å²) in [5, 5.41) is 5.01. The molecule has 24 heavy (non-hydrogen) atoms. The fourth-order valence-corrected chi connectivity index (χ4v) is 4.20. The molecule has 0 radical (unpaired) electrons. The van der Waals surface area contributed by atoms with E-state index in [-0.39, 0.29) is 30.4 Å². The topological polar surface area (TPSA) is 52.7 Å². The standard InChI is InChI=1S/C18H29N3O2S/c1-5-15-14-8-10-24-16(14)7-9-21(15)18(23)12-20(6-2)11-17(22)19-13(3)4/h8,10,13,15H,5-7,9,11-12H2,1-4H3,(H,19,22). The van der Waals surface area contributed by atoms with E-state index >= 15 is 0 Å². The van der Waals surface area contributed by atoms with E-state index in [2.05, 4.69) is 23.7 Å². The maximum Gasteiger partial charge on any atom is 0.237 e. The van der Waals surface area contributed by atoms with Crippen molar-refractivity contribution in [2.45, 2.75) is 52.6 Å². The first kappa shape index (κ1) is 18.9. The number of nitrogens with zero attached hydrogens (tertiary/aromatic N) is 2. The summed E-state index contributed by atoms with van der Waals surface area (Å²) in [4.78, 5) is 30.1. The molecule has 1 aliphatic heterocycles. The Morgan fingerprint density at radius 3 is 2.75 bits per heavy atom. The lowest BCUT2D eigenvalue weighted by Gasteiger charge is -2.36. The Bertz CT molecular complexity index is 570. The molecule has 1 N–H and O–H groups in total. The summed E-state index contributed by atoms with van der Waals surface area (Å²) in [7, 11) is 0. The summed E-state index contributed by atoms with van der Waals surface area (Å²) in [6.45, 7) is 10.0. The number of rotatable bonds is 7. The maximum atomic E-state index is 12.8. The fourth-order valence-electron chi connectivity index (χ4n) is 3.27. The Morgan fingerprint density at radius 1 is 1.38 bits per heavy atom. The molecule has 0 fully saturated rings. The highest BCUT2D eigenvalue weighted by Crippen LogP contribution is 2.35. The molecule has 6 heteroatoms. The first-order chi connectivity index (χ1) is 11.5. The predicted octanol–water partition coefficient (Wildman–Crippen LogP) is 2.43. The van der Waals surface area contributed by atoms with Crippen LogP contribution in [0.25, 0.3) is 0 Å². The molecule has 0 aromatic carbocycles. The third-order valence-electron chi connectivity index (χ3n) is 4.42. The summed E-state index contributed by atoms with van der Waals surface area (Å²) < 4.78 is 0. The van der Waals surface area contributed by atoms with Crippen molar-refractivity contribution in [3.63, 3.8) is 0 Å². The summed E-state index contributed by atoms with van der Waals surface area (Å²) >= 11 is 1.79. The zero-order valence-electron chi connectivity index (χ0n) is 15.2. The van der Waals surface area contributed by atoms with Gasteiger partial charge in [0.05, 0.1) is 19.1 Å². The van der Waals surface area contributed by atoms with Crippen LogP contribution in [0.5, 0.6) is 0 Å². The number of hydrogen-bond donors (Lipinski definition) is 1. The average Bonchev–Trinajstić information content (AvgIpc) is 3.00. The number of carbonyl (C=O) groups is 2. The van der Waals surface area contributed by atoms with Crippen molar-refractivity contribution in [1.29, 1.82) is 0 Å². The number of amides is 2. The summed E-state index contributed by atoms with van der Waals surface area (Å²) in [6.07, 6.45) is 1.87. The molecule has 0 bridgehead atoms. The van der Waals surface area contributed by atoms with Crippen molar-refractivity contribution >= 4 is 23.2 Å². The third-order valence-corrected chi connectivity index (χ3v) is 5.42. The van der Waals surface area contributed by atoms with Crippen LogP contribution >= 0.6 is 11.3 Å². The molecule has 0 aliphatic carbocycles. The van der Waals surface area contributed by atoms with Crippen LogP contribution in [0.15, 0.2) is 11.4 Å². The molecule has 1 atom stereocenters. The van der Waals surface area contributed by atoms with Gasteiger partial charge in [-0.1, -0.05) is 13.8 Å². The van der Waals surface area contributed by atoms with E-state index in [1.54, 1.807) is 11.3 Å². The van der Waals surface area contributed by atoms with Crippen LogP contribution in [0, 0.1) is 0 Å². The molecule has 1 unspecified atom stereocenters. The quantitative estimate of drug-likeness (QED) is 0.821. The van der Waals surface area contributed by atoms with E-state index in [1.807, 2.05) is 30.6 Å². The molecule has 0 saturated carbocycles. The number of hydrogen-bond acceptors (Lipinski definition) is 4. The minimum Gasteiger partial charge on any atom is -0.353 e. The van der Waals surface area contributed by atoms with Crippen molar-refractivity contribution < 1.29 is 9.59 Å². The predicted molar refractivity (Wildman–Crippen MR) is 98.2 cm³/mol. The van der Waals surface area contributed by atoms with Gasteiger partial charge in [0.25, 0.3) is 0 Å². The van der Waals surface area contributed by atoms with E-state index in [4.69, 9.17) is 0 Å². The molecule has 0 saturated heterocycles. The Morgan fingerprint density at radius 2 is 2.12 bits per heavy atom. The molecule has 1 aromatic rings. The van der Waals surface area contributed by atoms with Gasteiger partial charge in [0.15, 0.2) is 0 Å². The van der Waals surface area contributed by atoms with Crippen molar-refractivity contribution in [2.75, 3.05) is 26.2 Å². The molecule has 2 amide bonds. The van der Waals surface area contributed by atoms with Gasteiger partial charge in [-0.15, -0.1) is 11.3 Å². The molecule has 0 spiro atoms. The fraction of sp³-hybridized carbons (Fsp3) is 0.667. The maximum absolute atomic E-state index is 12.8. The summed E-state index contributed by atoms with van der Waals surface area (Å²) in [5.74, 6) is 0.100. The van der Waals surface area contributed by atoms with Gasteiger partial charge in [-0.25, -0.2) is 0 Å². The van der Waals surface area contributed by atoms with Gasteiger partial charge in [-0.05, 0) is 50.2 Å². The number of thiophene rings is 1.